The van der Waals surface area contributed by atoms with Crippen LogP contribution in [0, 0.1) is 18.8 Å². The third-order valence-electron chi connectivity index (χ3n) is 10.4. The molecule has 1 heterocycles. The second-order valence-electron chi connectivity index (χ2n) is 15.7. The number of nitrogens with one attached hydrogen (secondary N) is 6. The maximum atomic E-state index is 13.8. The quantitative estimate of drug-likeness (QED) is 0.0873. The Balaban J connectivity index is 1.24. The number of anilines is 1. The first-order chi connectivity index (χ1) is 26.7. The van der Waals surface area contributed by atoms with Gasteiger partial charge in [0.25, 0.3) is 11.5 Å². The van der Waals surface area contributed by atoms with E-state index in [1.807, 2.05) is 70.2 Å². The molecule has 1 unspecified atom stereocenters. The number of hydrogen-bond acceptors (Lipinski definition) is 7. The second-order valence-corrected chi connectivity index (χ2v) is 15.7. The number of benzene rings is 3. The van der Waals surface area contributed by atoms with Crippen LogP contribution in [0.1, 0.15) is 81.8 Å². The first-order valence-corrected chi connectivity index (χ1v) is 19.7. The van der Waals surface area contributed by atoms with Crippen LogP contribution >= 0.6 is 0 Å². The van der Waals surface area contributed by atoms with Crippen LogP contribution in [0.5, 0.6) is 0 Å². The van der Waals surface area contributed by atoms with Gasteiger partial charge in [-0.15, -0.1) is 0 Å². The van der Waals surface area contributed by atoms with Gasteiger partial charge < -0.3 is 30.9 Å². The second kappa shape index (κ2) is 18.9. The Bertz CT molecular complexity index is 2040. The fourth-order valence-electron chi connectivity index (χ4n) is 7.17. The zero-order valence-electron chi connectivity index (χ0n) is 33.5. The predicted molar refractivity (Wildman–Crippen MR) is 220 cm³/mol. The summed E-state index contributed by atoms with van der Waals surface area (Å²) in [5.74, 6) is -0.686. The molecule has 1 fully saturated rings. The van der Waals surface area contributed by atoms with Crippen LogP contribution in [0.2, 0.25) is 0 Å². The molecule has 1 saturated carbocycles. The molecule has 0 aliphatic heterocycles. The normalized spacial score (nSPS) is 16.3. The molecule has 1 aliphatic rings. The molecule has 1 aliphatic carbocycles. The van der Waals surface area contributed by atoms with Gasteiger partial charge in [0, 0.05) is 43.2 Å². The van der Waals surface area contributed by atoms with E-state index in [4.69, 9.17) is 4.74 Å². The van der Waals surface area contributed by atoms with Gasteiger partial charge in [0.2, 0.25) is 11.8 Å². The first kappa shape index (κ1) is 41.7. The van der Waals surface area contributed by atoms with Gasteiger partial charge in [-0.3, -0.25) is 29.4 Å². The van der Waals surface area contributed by atoms with E-state index in [0.717, 1.165) is 54.7 Å². The maximum absolute atomic E-state index is 13.8. The summed E-state index contributed by atoms with van der Waals surface area (Å²) in [6.07, 6.45) is 2.62. The highest BCUT2D eigenvalue weighted by atomic mass is 16.6. The number of rotatable bonds is 15. The summed E-state index contributed by atoms with van der Waals surface area (Å²) in [5.41, 5.74) is 4.62. The number of likely N-dealkylation sites (N-methyl/N-ethyl adjacent to an activating group) is 1. The van der Waals surface area contributed by atoms with Crippen LogP contribution in [-0.4, -0.2) is 83.3 Å². The number of amides is 4. The highest BCUT2D eigenvalue weighted by Crippen LogP contribution is 2.29. The number of aromatic nitrogens is 2. The van der Waals surface area contributed by atoms with Crippen LogP contribution in [-0.2, 0) is 20.7 Å². The lowest BCUT2D eigenvalue weighted by molar-refractivity contribution is -0.130. The standard InChI is InChI=1S/C43H57N7O6/c1-7-50(8-2)22-21-44-38(51)32-17-19-34(27(3)23-32)30-13-9-28(10-14-30)24-37(41(54)46-33-18-20-35-36(25-33)48-49-40(35)53)47-39(52)31-15-11-29(12-16-31)26-45-42(55)56-43(4,5)6/h9-10,13-14,17-20,23,25,29,31,37H,7-8,11-12,15-16,21-22,24,26H2,1-6H3,(H,44,51)(H,45,55)(H,46,54)(H,47,52)(H2,48,49,53). The Morgan fingerprint density at radius 2 is 1.61 bits per heavy atom. The number of alkyl carbamates (subject to hydrolysis) is 1. The van der Waals surface area contributed by atoms with Crippen molar-refractivity contribution in [2.45, 2.75) is 85.3 Å². The minimum absolute atomic E-state index is 0.0990. The van der Waals surface area contributed by atoms with Gasteiger partial charge in [-0.05, 0) is 125 Å². The van der Waals surface area contributed by atoms with Crippen LogP contribution in [0.4, 0.5) is 10.5 Å². The Hall–Kier alpha value is -5.43. The van der Waals surface area contributed by atoms with Crippen molar-refractivity contribution in [3.05, 3.63) is 87.7 Å². The van der Waals surface area contributed by atoms with E-state index < -0.39 is 17.7 Å². The zero-order valence-corrected chi connectivity index (χ0v) is 33.5. The summed E-state index contributed by atoms with van der Waals surface area (Å²) in [6.45, 7) is 15.4. The topological polar surface area (TPSA) is 178 Å². The Labute approximate surface area is 328 Å². The van der Waals surface area contributed by atoms with E-state index in [1.54, 1.807) is 18.2 Å². The van der Waals surface area contributed by atoms with Crippen molar-refractivity contribution < 1.29 is 23.9 Å². The molecule has 0 saturated heterocycles. The molecule has 1 atom stereocenters. The molecule has 0 bridgehead atoms. The van der Waals surface area contributed by atoms with E-state index in [1.165, 1.54) is 0 Å². The third-order valence-corrected chi connectivity index (χ3v) is 10.4. The molecular formula is C43H57N7O6. The molecular weight excluding hydrogens is 711 g/mol. The summed E-state index contributed by atoms with van der Waals surface area (Å²) in [5, 5.41) is 17.7. The van der Waals surface area contributed by atoms with Gasteiger partial charge in [-0.1, -0.05) is 44.2 Å². The van der Waals surface area contributed by atoms with Crippen molar-refractivity contribution in [2.75, 3.05) is 38.0 Å². The maximum Gasteiger partial charge on any atom is 0.407 e. The van der Waals surface area contributed by atoms with Gasteiger partial charge in [-0.2, -0.15) is 0 Å². The molecule has 1 aromatic heterocycles. The lowest BCUT2D eigenvalue weighted by atomic mass is 9.81. The van der Waals surface area contributed by atoms with Crippen LogP contribution in [0.15, 0.2) is 65.5 Å². The number of aryl methyl sites for hydroxylation is 1. The molecule has 4 amide bonds. The van der Waals surface area contributed by atoms with Gasteiger partial charge >= 0.3 is 6.09 Å². The van der Waals surface area contributed by atoms with E-state index in [9.17, 15) is 24.0 Å². The summed E-state index contributed by atoms with van der Waals surface area (Å²) >= 11 is 0. The molecule has 6 N–H and O–H groups in total. The molecule has 13 nitrogen and oxygen atoms in total. The predicted octanol–water partition coefficient (Wildman–Crippen LogP) is 5.90. The monoisotopic (exact) mass is 767 g/mol. The average Bonchev–Trinajstić information content (AvgIpc) is 3.54. The SMILES string of the molecule is CCN(CC)CCNC(=O)c1ccc(-c2ccc(CC(NC(=O)C3CCC(CNC(=O)OC(C)(C)C)CC3)C(=O)Nc3ccc4c(=O)[nH][nH]c4c3)cc2)c(C)c1. The Morgan fingerprint density at radius 3 is 2.27 bits per heavy atom. The third kappa shape index (κ3) is 11.5. The number of fused-ring (bicyclic) bond motifs is 1. The Kier molecular flexibility index (Phi) is 14.1. The Morgan fingerprint density at radius 1 is 0.893 bits per heavy atom. The number of ether oxygens (including phenoxy) is 1. The molecule has 300 valence electrons. The van der Waals surface area contributed by atoms with Crippen molar-refractivity contribution in [1.82, 2.24) is 31.0 Å². The van der Waals surface area contributed by atoms with Gasteiger partial charge in [0.05, 0.1) is 10.9 Å². The molecule has 56 heavy (non-hydrogen) atoms. The van der Waals surface area contributed by atoms with E-state index in [2.05, 4.69) is 50.2 Å². The molecule has 4 aromatic rings. The molecule has 3 aromatic carbocycles. The zero-order chi connectivity index (χ0) is 40.4. The van der Waals surface area contributed by atoms with Gasteiger partial charge in [0.1, 0.15) is 11.6 Å². The summed E-state index contributed by atoms with van der Waals surface area (Å²) in [6, 6.07) is 17.7. The number of hydrogen-bond donors (Lipinski definition) is 6. The fourth-order valence-corrected chi connectivity index (χ4v) is 7.17. The number of nitrogens with zero attached hydrogens (tertiary/aromatic N) is 1. The van der Waals surface area contributed by atoms with Crippen LogP contribution in [0.3, 0.4) is 0 Å². The summed E-state index contributed by atoms with van der Waals surface area (Å²) < 4.78 is 5.35. The van der Waals surface area contributed by atoms with E-state index in [-0.39, 0.29) is 41.5 Å². The number of carbonyl (C=O) groups is 4. The van der Waals surface area contributed by atoms with Gasteiger partial charge in [-0.25, -0.2) is 4.79 Å². The minimum atomic E-state index is -0.873. The largest absolute Gasteiger partial charge is 0.444 e. The highest BCUT2D eigenvalue weighted by molar-refractivity contribution is 5.99. The summed E-state index contributed by atoms with van der Waals surface area (Å²) in [7, 11) is 0. The lowest BCUT2D eigenvalue weighted by Crippen LogP contribution is -2.48. The van der Waals surface area contributed by atoms with E-state index in [0.29, 0.717) is 48.1 Å². The number of carbonyl (C=O) groups excluding carboxylic acids is 4. The van der Waals surface area contributed by atoms with Gasteiger partial charge in [0.15, 0.2) is 0 Å². The number of H-pyrrole nitrogens is 2. The molecule has 13 heteroatoms. The highest BCUT2D eigenvalue weighted by Gasteiger charge is 2.30. The molecule has 0 spiro atoms. The van der Waals surface area contributed by atoms with Crippen molar-refractivity contribution >= 4 is 40.4 Å². The van der Waals surface area contributed by atoms with Crippen LogP contribution < -0.4 is 26.8 Å². The van der Waals surface area contributed by atoms with Crippen molar-refractivity contribution in [2.24, 2.45) is 11.8 Å². The van der Waals surface area contributed by atoms with Crippen molar-refractivity contribution in [3.8, 4) is 11.1 Å². The van der Waals surface area contributed by atoms with Crippen LogP contribution in [0.25, 0.3) is 22.0 Å². The molecule has 5 rings (SSSR count). The fraction of sp³-hybridized carbons (Fsp3) is 0.465. The summed E-state index contributed by atoms with van der Waals surface area (Å²) in [4.78, 5) is 66.8. The smallest absolute Gasteiger partial charge is 0.407 e. The van der Waals surface area contributed by atoms with E-state index >= 15 is 0 Å². The van der Waals surface area contributed by atoms with Crippen molar-refractivity contribution in [1.29, 1.82) is 0 Å². The lowest BCUT2D eigenvalue weighted by Gasteiger charge is -2.29. The van der Waals surface area contributed by atoms with Crippen molar-refractivity contribution in [3.63, 3.8) is 0 Å². The first-order valence-electron chi connectivity index (χ1n) is 19.7. The minimum Gasteiger partial charge on any atom is -0.444 e. The number of aromatic amines is 2. The molecule has 0 radical (unpaired) electrons. The average molecular weight is 768 g/mol.